The molecule has 0 saturated carbocycles. The highest BCUT2D eigenvalue weighted by Crippen LogP contribution is 2.34. The van der Waals surface area contributed by atoms with Crippen molar-refractivity contribution in [2.24, 2.45) is 4.99 Å². The van der Waals surface area contributed by atoms with E-state index in [1.807, 2.05) is 23.2 Å². The molecule has 0 unspecified atom stereocenters. The highest BCUT2D eigenvalue weighted by molar-refractivity contribution is 6.06. The molecule has 2 saturated heterocycles. The Morgan fingerprint density at radius 3 is 2.54 bits per heavy atom. The molecule has 2 fully saturated rings. The Morgan fingerprint density at radius 1 is 0.946 bits per heavy atom. The number of ether oxygens (including phenoxy) is 1. The van der Waals surface area contributed by atoms with Crippen LogP contribution in [0.3, 0.4) is 0 Å². The zero-order valence-corrected chi connectivity index (χ0v) is 21.9. The van der Waals surface area contributed by atoms with Gasteiger partial charge in [0.05, 0.1) is 23.9 Å². The van der Waals surface area contributed by atoms with E-state index in [0.29, 0.717) is 12.2 Å². The summed E-state index contributed by atoms with van der Waals surface area (Å²) in [6, 6.07) is 17.3. The van der Waals surface area contributed by atoms with Gasteiger partial charge in [0.2, 0.25) is 0 Å². The Balaban J connectivity index is 1.05. The smallest absolute Gasteiger partial charge is 0.256 e. The summed E-state index contributed by atoms with van der Waals surface area (Å²) in [6.45, 7) is 11.1. The van der Waals surface area contributed by atoms with Crippen LogP contribution >= 0.6 is 0 Å². The molecular weight excluding hydrogens is 460 g/mol. The molecule has 6 nitrogen and oxygen atoms in total. The zero-order valence-electron chi connectivity index (χ0n) is 21.9. The topological polar surface area (TPSA) is 48.4 Å². The Bertz CT molecular complexity index is 1330. The molecule has 6 heteroatoms. The predicted molar refractivity (Wildman–Crippen MR) is 151 cm³/mol. The second kappa shape index (κ2) is 10.2. The average molecular weight is 497 g/mol. The third-order valence-corrected chi connectivity index (χ3v) is 8.07. The third-order valence-electron chi connectivity index (χ3n) is 8.07. The fourth-order valence-corrected chi connectivity index (χ4v) is 5.84. The number of hydrogen-bond acceptors (Lipinski definition) is 5. The summed E-state index contributed by atoms with van der Waals surface area (Å²) in [6.07, 6.45) is 5.01. The number of carbonyl (C=O) groups is 1. The van der Waals surface area contributed by atoms with Crippen molar-refractivity contribution in [2.45, 2.75) is 39.2 Å². The molecule has 1 amide bonds. The van der Waals surface area contributed by atoms with Gasteiger partial charge in [-0.15, -0.1) is 0 Å². The standard InChI is InChI=1S/C31H36N4O2/c1-22-6-8-26(9-7-22)34-14-12-33(13-15-34)10-4-16-37-30-20-25-19-29-28(18-24(25)17-23(30)2)31(36)35-11-3-5-27(35)21-32-29/h6-9,17-21,27H,3-5,10-16H2,1-2H3/t27-/m0/s1. The van der Waals surface area contributed by atoms with Crippen LogP contribution in [0.4, 0.5) is 11.4 Å². The number of nitrogens with zero attached hydrogens (tertiary/aromatic N) is 4. The summed E-state index contributed by atoms with van der Waals surface area (Å²) in [5, 5.41) is 2.13. The fourth-order valence-electron chi connectivity index (χ4n) is 5.84. The zero-order chi connectivity index (χ0) is 25.4. The van der Waals surface area contributed by atoms with Gasteiger partial charge in [-0.25, -0.2) is 0 Å². The minimum absolute atomic E-state index is 0.106. The summed E-state index contributed by atoms with van der Waals surface area (Å²) in [5.74, 6) is 1.02. The molecule has 0 aromatic heterocycles. The van der Waals surface area contributed by atoms with Gasteiger partial charge >= 0.3 is 0 Å². The van der Waals surface area contributed by atoms with E-state index in [-0.39, 0.29) is 11.9 Å². The highest BCUT2D eigenvalue weighted by atomic mass is 16.5. The number of rotatable bonds is 6. The third kappa shape index (κ3) is 4.95. The number of piperazine rings is 1. The van der Waals surface area contributed by atoms with Crippen LogP contribution < -0.4 is 9.64 Å². The van der Waals surface area contributed by atoms with E-state index in [2.05, 4.69) is 60.0 Å². The highest BCUT2D eigenvalue weighted by Gasteiger charge is 2.31. The molecule has 37 heavy (non-hydrogen) atoms. The summed E-state index contributed by atoms with van der Waals surface area (Å²) in [5.41, 5.74) is 5.22. The van der Waals surface area contributed by atoms with Crippen molar-refractivity contribution in [3.63, 3.8) is 0 Å². The lowest BCUT2D eigenvalue weighted by Gasteiger charge is -2.36. The number of carbonyl (C=O) groups excluding carboxylic acids is 1. The molecule has 0 spiro atoms. The van der Waals surface area contributed by atoms with Crippen molar-refractivity contribution in [1.82, 2.24) is 9.80 Å². The summed E-state index contributed by atoms with van der Waals surface area (Å²) in [7, 11) is 0. The van der Waals surface area contributed by atoms with Gasteiger partial charge in [-0.1, -0.05) is 17.7 Å². The Morgan fingerprint density at radius 2 is 1.73 bits per heavy atom. The minimum atomic E-state index is 0.106. The van der Waals surface area contributed by atoms with Gasteiger partial charge in [0.1, 0.15) is 5.75 Å². The van der Waals surface area contributed by atoms with E-state index in [1.54, 1.807) is 0 Å². The Kier molecular flexibility index (Phi) is 6.59. The molecule has 3 aliphatic heterocycles. The molecule has 3 aromatic rings. The van der Waals surface area contributed by atoms with Crippen LogP contribution in [0.1, 0.15) is 40.7 Å². The molecule has 0 radical (unpaired) electrons. The number of hydrogen-bond donors (Lipinski definition) is 0. The molecule has 192 valence electrons. The second-order valence-electron chi connectivity index (χ2n) is 10.7. The number of anilines is 1. The first-order valence-electron chi connectivity index (χ1n) is 13.7. The summed E-state index contributed by atoms with van der Waals surface area (Å²) >= 11 is 0. The SMILES string of the molecule is Cc1ccc(N2CCN(CCCOc3cc4cc5c(cc4cc3C)C(=O)N3CCC[C@H]3C=N5)CC2)cc1. The number of amides is 1. The minimum Gasteiger partial charge on any atom is -0.493 e. The van der Waals surface area contributed by atoms with E-state index < -0.39 is 0 Å². The van der Waals surface area contributed by atoms with Gasteiger partial charge in [0.25, 0.3) is 5.91 Å². The van der Waals surface area contributed by atoms with Gasteiger partial charge in [0.15, 0.2) is 0 Å². The maximum atomic E-state index is 13.1. The van der Waals surface area contributed by atoms with E-state index >= 15 is 0 Å². The number of aryl methyl sites for hydroxylation is 2. The molecule has 0 N–H and O–H groups in total. The predicted octanol–water partition coefficient (Wildman–Crippen LogP) is 5.37. The molecule has 6 rings (SSSR count). The van der Waals surface area contributed by atoms with Crippen molar-refractivity contribution in [2.75, 3.05) is 50.8 Å². The molecular formula is C31H36N4O2. The number of benzene rings is 3. The maximum absolute atomic E-state index is 13.1. The molecule has 3 heterocycles. The molecule has 1 atom stereocenters. The number of aliphatic imine (C=N–C) groups is 1. The van der Waals surface area contributed by atoms with E-state index in [1.165, 1.54) is 11.3 Å². The molecule has 0 aliphatic carbocycles. The lowest BCUT2D eigenvalue weighted by atomic mass is 10.0. The molecule has 3 aromatic carbocycles. The van der Waals surface area contributed by atoms with Crippen LogP contribution in [0.25, 0.3) is 10.8 Å². The fraction of sp³-hybridized carbons (Fsp3) is 0.419. The van der Waals surface area contributed by atoms with Gasteiger partial charge < -0.3 is 14.5 Å². The first kappa shape index (κ1) is 24.0. The van der Waals surface area contributed by atoms with Crippen LogP contribution in [0.15, 0.2) is 53.5 Å². The summed E-state index contributed by atoms with van der Waals surface area (Å²) in [4.78, 5) is 24.8. The van der Waals surface area contributed by atoms with Gasteiger partial charge in [-0.2, -0.15) is 0 Å². The quantitative estimate of drug-likeness (QED) is 0.431. The number of fused-ring (bicyclic) bond motifs is 3. The second-order valence-corrected chi connectivity index (χ2v) is 10.7. The first-order chi connectivity index (χ1) is 18.0. The largest absolute Gasteiger partial charge is 0.493 e. The average Bonchev–Trinajstić information content (AvgIpc) is 3.34. The van der Waals surface area contributed by atoms with Gasteiger partial charge in [-0.05, 0) is 85.8 Å². The Hall–Kier alpha value is -3.38. The molecule has 3 aliphatic rings. The van der Waals surface area contributed by atoms with Crippen LogP contribution in [0.2, 0.25) is 0 Å². The summed E-state index contributed by atoms with van der Waals surface area (Å²) < 4.78 is 6.24. The normalized spacial score (nSPS) is 19.7. The Labute approximate surface area is 219 Å². The van der Waals surface area contributed by atoms with E-state index in [0.717, 1.165) is 86.3 Å². The van der Waals surface area contributed by atoms with E-state index in [9.17, 15) is 4.79 Å². The van der Waals surface area contributed by atoms with Crippen molar-refractivity contribution >= 4 is 34.3 Å². The lowest BCUT2D eigenvalue weighted by molar-refractivity contribution is 0.0775. The maximum Gasteiger partial charge on any atom is 0.256 e. The van der Waals surface area contributed by atoms with Crippen LogP contribution in [0.5, 0.6) is 5.75 Å². The van der Waals surface area contributed by atoms with Crippen LogP contribution in [-0.2, 0) is 0 Å². The van der Waals surface area contributed by atoms with Crippen molar-refractivity contribution in [3.05, 3.63) is 65.2 Å². The first-order valence-corrected chi connectivity index (χ1v) is 13.7. The van der Waals surface area contributed by atoms with Crippen LogP contribution in [0, 0.1) is 13.8 Å². The van der Waals surface area contributed by atoms with Gasteiger partial charge in [0, 0.05) is 51.2 Å². The van der Waals surface area contributed by atoms with Crippen molar-refractivity contribution < 1.29 is 9.53 Å². The monoisotopic (exact) mass is 496 g/mol. The van der Waals surface area contributed by atoms with Crippen molar-refractivity contribution in [1.29, 1.82) is 0 Å². The van der Waals surface area contributed by atoms with Crippen molar-refractivity contribution in [3.8, 4) is 5.75 Å². The van der Waals surface area contributed by atoms with E-state index in [4.69, 9.17) is 9.73 Å². The van der Waals surface area contributed by atoms with Gasteiger partial charge in [-0.3, -0.25) is 14.7 Å². The lowest BCUT2D eigenvalue weighted by Crippen LogP contribution is -2.46. The van der Waals surface area contributed by atoms with Crippen LogP contribution in [-0.4, -0.2) is 73.8 Å². The molecule has 0 bridgehead atoms.